The van der Waals surface area contributed by atoms with Crippen LogP contribution in [0, 0.1) is 0 Å². The minimum absolute atomic E-state index is 0.472. The Morgan fingerprint density at radius 3 is 2.88 bits per heavy atom. The number of aromatic nitrogens is 2. The number of nitrogens with two attached hydrogens (primary N) is 1. The average Bonchev–Trinajstić information content (AvgIpc) is 2.14. The number of hydrogen-bond acceptors (Lipinski definition) is 2. The van der Waals surface area contributed by atoms with Gasteiger partial charge in [-0.25, -0.2) is 4.98 Å². The fraction of sp³-hybridized carbons (Fsp3) is 0. The van der Waals surface area contributed by atoms with Crippen LogP contribution < -0.4 is 5.73 Å². The summed E-state index contributed by atoms with van der Waals surface area (Å²) in [7, 11) is 0. The first-order valence-corrected chi connectivity index (χ1v) is 2.25. The molecule has 0 aliphatic rings. The quantitative estimate of drug-likeness (QED) is 0.572. The van der Waals surface area contributed by atoms with Gasteiger partial charge in [0, 0.05) is 18.6 Å². The van der Waals surface area contributed by atoms with Crippen LogP contribution in [-0.4, -0.2) is 9.55 Å². The van der Waals surface area contributed by atoms with E-state index in [1.165, 1.54) is 0 Å². The van der Waals surface area contributed by atoms with Crippen LogP contribution in [-0.2, 0) is 0 Å². The van der Waals surface area contributed by atoms with Gasteiger partial charge >= 0.3 is 0 Å². The largest absolute Gasteiger partial charge is 0.369 e. The SMILES string of the molecule is C=Cn1ccnc1N. The fourth-order valence-electron chi connectivity index (χ4n) is 0.479. The first-order chi connectivity index (χ1) is 3.84. The van der Waals surface area contributed by atoms with E-state index in [-0.39, 0.29) is 0 Å². The van der Waals surface area contributed by atoms with Crippen molar-refractivity contribution in [2.45, 2.75) is 0 Å². The second kappa shape index (κ2) is 1.69. The molecule has 1 rings (SSSR count). The highest BCUT2D eigenvalue weighted by molar-refractivity contribution is 5.31. The van der Waals surface area contributed by atoms with Gasteiger partial charge in [-0.15, -0.1) is 0 Å². The molecular weight excluding hydrogens is 102 g/mol. The lowest BCUT2D eigenvalue weighted by molar-refractivity contribution is 1.16. The highest BCUT2D eigenvalue weighted by atomic mass is 15.1. The first kappa shape index (κ1) is 4.90. The third-order valence-corrected chi connectivity index (χ3v) is 0.895. The lowest BCUT2D eigenvalue weighted by Gasteiger charge is -1.89. The summed E-state index contributed by atoms with van der Waals surface area (Å²) in [6.07, 6.45) is 4.96. The molecule has 0 atom stereocenters. The summed E-state index contributed by atoms with van der Waals surface area (Å²) < 4.78 is 1.64. The third-order valence-electron chi connectivity index (χ3n) is 0.895. The van der Waals surface area contributed by atoms with Gasteiger partial charge in [0.2, 0.25) is 5.95 Å². The van der Waals surface area contributed by atoms with Gasteiger partial charge in [-0.1, -0.05) is 6.58 Å². The molecule has 0 aliphatic carbocycles. The number of rotatable bonds is 1. The van der Waals surface area contributed by atoms with Crippen molar-refractivity contribution in [2.75, 3.05) is 5.73 Å². The van der Waals surface area contributed by atoms with Crippen LogP contribution in [0.25, 0.3) is 6.20 Å². The molecule has 0 saturated carbocycles. The van der Waals surface area contributed by atoms with Gasteiger partial charge in [0.25, 0.3) is 0 Å². The molecule has 8 heavy (non-hydrogen) atoms. The average molecular weight is 109 g/mol. The van der Waals surface area contributed by atoms with Crippen molar-refractivity contribution in [3.05, 3.63) is 19.0 Å². The Kier molecular flexibility index (Phi) is 1.04. The summed E-state index contributed by atoms with van der Waals surface area (Å²) in [6.45, 7) is 3.51. The van der Waals surface area contributed by atoms with Crippen molar-refractivity contribution < 1.29 is 0 Å². The van der Waals surface area contributed by atoms with E-state index in [1.807, 2.05) is 0 Å². The van der Waals surface area contributed by atoms with E-state index in [0.29, 0.717) is 5.95 Å². The van der Waals surface area contributed by atoms with E-state index in [4.69, 9.17) is 5.73 Å². The molecule has 0 amide bonds. The maximum absolute atomic E-state index is 5.33. The van der Waals surface area contributed by atoms with Crippen LogP contribution in [0.15, 0.2) is 19.0 Å². The Morgan fingerprint density at radius 1 is 1.88 bits per heavy atom. The van der Waals surface area contributed by atoms with E-state index >= 15 is 0 Å². The van der Waals surface area contributed by atoms with E-state index < -0.39 is 0 Å². The summed E-state index contributed by atoms with van der Waals surface area (Å²) in [5.41, 5.74) is 5.33. The van der Waals surface area contributed by atoms with Gasteiger partial charge in [0.15, 0.2) is 0 Å². The van der Waals surface area contributed by atoms with Crippen molar-refractivity contribution in [1.82, 2.24) is 9.55 Å². The molecule has 1 aromatic heterocycles. The molecule has 0 bridgehead atoms. The Balaban J connectivity index is 3.09. The topological polar surface area (TPSA) is 43.8 Å². The molecule has 0 aliphatic heterocycles. The van der Waals surface area contributed by atoms with E-state index in [9.17, 15) is 0 Å². The van der Waals surface area contributed by atoms with Crippen molar-refractivity contribution in [1.29, 1.82) is 0 Å². The molecule has 1 heterocycles. The molecule has 3 heteroatoms. The van der Waals surface area contributed by atoms with Crippen LogP contribution in [0.2, 0.25) is 0 Å². The Morgan fingerprint density at radius 2 is 2.62 bits per heavy atom. The minimum atomic E-state index is 0.472. The zero-order chi connectivity index (χ0) is 5.98. The number of imidazole rings is 1. The summed E-state index contributed by atoms with van der Waals surface area (Å²) in [5, 5.41) is 0. The molecule has 3 nitrogen and oxygen atoms in total. The van der Waals surface area contributed by atoms with E-state index in [0.717, 1.165) is 0 Å². The van der Waals surface area contributed by atoms with E-state index in [1.54, 1.807) is 23.2 Å². The number of nitrogen functional groups attached to an aromatic ring is 1. The molecule has 0 radical (unpaired) electrons. The minimum Gasteiger partial charge on any atom is -0.369 e. The smallest absolute Gasteiger partial charge is 0.204 e. The summed E-state index contributed by atoms with van der Waals surface area (Å²) >= 11 is 0. The lowest BCUT2D eigenvalue weighted by Crippen LogP contribution is -1.93. The van der Waals surface area contributed by atoms with Crippen LogP contribution in [0.4, 0.5) is 5.95 Å². The van der Waals surface area contributed by atoms with Crippen molar-refractivity contribution >= 4 is 12.1 Å². The van der Waals surface area contributed by atoms with Crippen molar-refractivity contribution in [3.63, 3.8) is 0 Å². The molecule has 2 N–H and O–H groups in total. The maximum atomic E-state index is 5.33. The normalized spacial score (nSPS) is 9.00. The van der Waals surface area contributed by atoms with Gasteiger partial charge in [-0.3, -0.25) is 4.57 Å². The Hall–Kier alpha value is -1.25. The number of hydrogen-bond donors (Lipinski definition) is 1. The van der Waals surface area contributed by atoms with Gasteiger partial charge in [0.1, 0.15) is 0 Å². The van der Waals surface area contributed by atoms with Crippen LogP contribution in [0.3, 0.4) is 0 Å². The van der Waals surface area contributed by atoms with Gasteiger partial charge in [0.05, 0.1) is 0 Å². The standard InChI is InChI=1S/C5H7N3/c1-2-8-4-3-7-5(8)6/h2-4H,1H2,(H2,6,7). The van der Waals surface area contributed by atoms with Gasteiger partial charge in [-0.2, -0.15) is 0 Å². The van der Waals surface area contributed by atoms with Crippen LogP contribution >= 0.6 is 0 Å². The molecule has 0 saturated heterocycles. The maximum Gasteiger partial charge on any atom is 0.204 e. The highest BCUT2D eigenvalue weighted by Gasteiger charge is 1.87. The molecule has 42 valence electrons. The second-order valence-corrected chi connectivity index (χ2v) is 1.38. The zero-order valence-electron chi connectivity index (χ0n) is 4.41. The molecule has 0 fully saturated rings. The molecular formula is C5H7N3. The zero-order valence-corrected chi connectivity index (χ0v) is 4.41. The summed E-state index contributed by atoms with van der Waals surface area (Å²) in [5.74, 6) is 0.472. The predicted molar refractivity (Wildman–Crippen MR) is 33.0 cm³/mol. The summed E-state index contributed by atoms with van der Waals surface area (Å²) in [6, 6.07) is 0. The molecule has 1 aromatic rings. The molecule has 0 spiro atoms. The predicted octanol–water partition coefficient (Wildman–Crippen LogP) is 0.566. The third kappa shape index (κ3) is 0.578. The van der Waals surface area contributed by atoms with Gasteiger partial charge in [-0.05, 0) is 0 Å². The number of nitrogens with zero attached hydrogens (tertiary/aromatic N) is 2. The Labute approximate surface area is 47.5 Å². The number of anilines is 1. The molecule has 0 aromatic carbocycles. The van der Waals surface area contributed by atoms with Crippen LogP contribution in [0.5, 0.6) is 0 Å². The van der Waals surface area contributed by atoms with Gasteiger partial charge < -0.3 is 5.73 Å². The van der Waals surface area contributed by atoms with Crippen LogP contribution in [0.1, 0.15) is 0 Å². The van der Waals surface area contributed by atoms with Crippen molar-refractivity contribution in [2.24, 2.45) is 0 Å². The second-order valence-electron chi connectivity index (χ2n) is 1.38. The molecule has 0 unspecified atom stereocenters. The first-order valence-electron chi connectivity index (χ1n) is 2.25. The van der Waals surface area contributed by atoms with E-state index in [2.05, 4.69) is 11.6 Å². The fourth-order valence-corrected chi connectivity index (χ4v) is 0.479. The lowest BCUT2D eigenvalue weighted by atomic mass is 10.8. The summed E-state index contributed by atoms with van der Waals surface area (Å²) in [4.78, 5) is 3.76. The monoisotopic (exact) mass is 109 g/mol. The van der Waals surface area contributed by atoms with Crippen molar-refractivity contribution in [3.8, 4) is 0 Å². The highest BCUT2D eigenvalue weighted by Crippen LogP contribution is 1.95. The Bertz CT molecular complexity index is 189.